The zero-order valence-electron chi connectivity index (χ0n) is 14.4. The van der Waals surface area contributed by atoms with Crippen molar-refractivity contribution in [2.24, 2.45) is 0 Å². The summed E-state index contributed by atoms with van der Waals surface area (Å²) in [6.07, 6.45) is -2.44. The van der Waals surface area contributed by atoms with Gasteiger partial charge in [0.1, 0.15) is 5.60 Å². The Hall–Kier alpha value is -1.62. The molecule has 1 atom stereocenters. The highest BCUT2D eigenvalue weighted by molar-refractivity contribution is 7.99. The molecule has 1 aromatic carbocycles. The van der Waals surface area contributed by atoms with Gasteiger partial charge < -0.3 is 30.5 Å². The largest absolute Gasteiger partial charge is 0.393 e. The van der Waals surface area contributed by atoms with Gasteiger partial charge in [0.05, 0.1) is 32.0 Å². The van der Waals surface area contributed by atoms with Crippen LogP contribution < -0.4 is 15.5 Å². The van der Waals surface area contributed by atoms with Gasteiger partial charge in [-0.15, -0.1) is 11.8 Å². The summed E-state index contributed by atoms with van der Waals surface area (Å²) in [6, 6.07) is 4.53. The van der Waals surface area contributed by atoms with Crippen molar-refractivity contribution in [1.29, 1.82) is 0 Å². The van der Waals surface area contributed by atoms with Gasteiger partial charge in [0.2, 0.25) is 0 Å². The summed E-state index contributed by atoms with van der Waals surface area (Å²) >= 11 is 1.58. The number of urea groups is 1. The third-order valence-electron chi connectivity index (χ3n) is 3.82. The van der Waals surface area contributed by atoms with E-state index in [9.17, 15) is 23.8 Å². The van der Waals surface area contributed by atoms with E-state index in [4.69, 9.17) is 4.74 Å². The molecular formula is C16H23F2N3O4S. The van der Waals surface area contributed by atoms with Crippen LogP contribution in [0.15, 0.2) is 23.1 Å². The molecule has 0 saturated heterocycles. The molecule has 0 fully saturated rings. The van der Waals surface area contributed by atoms with Crippen molar-refractivity contribution in [2.45, 2.75) is 16.9 Å². The van der Waals surface area contributed by atoms with Crippen LogP contribution >= 0.6 is 11.8 Å². The van der Waals surface area contributed by atoms with Gasteiger partial charge in [-0.05, 0) is 18.2 Å². The first kappa shape index (κ1) is 20.7. The molecule has 2 rings (SSSR count). The van der Waals surface area contributed by atoms with Gasteiger partial charge in [-0.3, -0.25) is 0 Å². The third-order valence-corrected chi connectivity index (χ3v) is 4.86. The van der Waals surface area contributed by atoms with Gasteiger partial charge in [-0.2, -0.15) is 0 Å². The molecule has 0 spiro atoms. The summed E-state index contributed by atoms with van der Waals surface area (Å²) in [5.41, 5.74) is -0.472. The van der Waals surface area contributed by atoms with E-state index in [0.717, 1.165) is 10.6 Å². The van der Waals surface area contributed by atoms with E-state index in [1.807, 2.05) is 0 Å². The molecule has 0 aliphatic carbocycles. The van der Waals surface area contributed by atoms with Crippen molar-refractivity contribution >= 4 is 29.2 Å². The van der Waals surface area contributed by atoms with Crippen LogP contribution in [0.1, 0.15) is 0 Å². The lowest BCUT2D eigenvalue weighted by Gasteiger charge is -2.31. The summed E-state index contributed by atoms with van der Waals surface area (Å²) in [7, 11) is 1.37. The average Bonchev–Trinajstić information content (AvgIpc) is 2.60. The molecule has 4 N–H and O–H groups in total. The molecule has 1 aliphatic heterocycles. The minimum Gasteiger partial charge on any atom is -0.393 e. The fraction of sp³-hybridized carbons (Fsp3) is 0.562. The molecule has 0 radical (unpaired) electrons. The molecule has 2 amide bonds. The number of anilines is 2. The smallest absolute Gasteiger partial charge is 0.319 e. The van der Waals surface area contributed by atoms with Crippen molar-refractivity contribution in [2.75, 3.05) is 55.9 Å². The van der Waals surface area contributed by atoms with E-state index in [2.05, 4.69) is 10.6 Å². The lowest BCUT2D eigenvalue weighted by Crippen LogP contribution is -2.49. The molecule has 1 unspecified atom stereocenters. The number of nitrogens with one attached hydrogen (secondary N) is 2. The van der Waals surface area contributed by atoms with Crippen molar-refractivity contribution in [3.8, 4) is 0 Å². The van der Waals surface area contributed by atoms with E-state index >= 15 is 0 Å². The van der Waals surface area contributed by atoms with Crippen LogP contribution in [-0.4, -0.2) is 74.0 Å². The summed E-state index contributed by atoms with van der Waals surface area (Å²) in [5, 5.41) is 24.2. The number of halogens is 2. The van der Waals surface area contributed by atoms with Crippen LogP contribution in [0.3, 0.4) is 0 Å². The Kier molecular flexibility index (Phi) is 7.44. The number of ether oxygens (including phenoxy) is 1. The van der Waals surface area contributed by atoms with Gasteiger partial charge in [-0.1, -0.05) is 0 Å². The number of alkyl halides is 2. The Labute approximate surface area is 154 Å². The molecular weight excluding hydrogens is 368 g/mol. The van der Waals surface area contributed by atoms with E-state index in [1.165, 1.54) is 7.11 Å². The maximum absolute atomic E-state index is 12.7. The second kappa shape index (κ2) is 9.36. The van der Waals surface area contributed by atoms with Gasteiger partial charge in [0.25, 0.3) is 6.43 Å². The minimum atomic E-state index is -2.44. The molecule has 146 valence electrons. The van der Waals surface area contributed by atoms with Crippen LogP contribution in [0.4, 0.5) is 25.0 Å². The second-order valence-corrected chi connectivity index (χ2v) is 7.13. The molecule has 1 heterocycles. The Morgan fingerprint density at radius 2 is 2.27 bits per heavy atom. The molecule has 1 aliphatic rings. The maximum Gasteiger partial charge on any atom is 0.319 e. The van der Waals surface area contributed by atoms with Gasteiger partial charge in [0, 0.05) is 30.0 Å². The van der Waals surface area contributed by atoms with E-state index in [-0.39, 0.29) is 19.7 Å². The first-order chi connectivity index (χ1) is 12.4. The number of carbonyl (C=O) groups excluding carboxylic acids is 1. The molecule has 0 bridgehead atoms. The lowest BCUT2D eigenvalue weighted by atomic mass is 10.1. The Balaban J connectivity index is 2.00. The van der Waals surface area contributed by atoms with E-state index < -0.39 is 24.7 Å². The van der Waals surface area contributed by atoms with Crippen LogP contribution in [0, 0.1) is 0 Å². The molecule has 0 aromatic heterocycles. The fourth-order valence-corrected chi connectivity index (χ4v) is 3.58. The Morgan fingerprint density at radius 1 is 1.50 bits per heavy atom. The number of hydrogen-bond donors (Lipinski definition) is 4. The monoisotopic (exact) mass is 391 g/mol. The fourth-order valence-electron chi connectivity index (χ4n) is 2.55. The average molecular weight is 391 g/mol. The van der Waals surface area contributed by atoms with Crippen LogP contribution in [0.25, 0.3) is 0 Å². The van der Waals surface area contributed by atoms with Gasteiger partial charge >= 0.3 is 6.03 Å². The molecule has 7 nitrogen and oxygen atoms in total. The second-order valence-electron chi connectivity index (χ2n) is 5.99. The van der Waals surface area contributed by atoms with Crippen LogP contribution in [0.5, 0.6) is 0 Å². The van der Waals surface area contributed by atoms with Crippen molar-refractivity contribution in [3.63, 3.8) is 0 Å². The number of methoxy groups -OCH3 is 1. The third kappa shape index (κ3) is 5.70. The number of benzene rings is 1. The Bertz CT molecular complexity index is 623. The summed E-state index contributed by atoms with van der Waals surface area (Å²) < 4.78 is 30.3. The number of hydrogen-bond acceptors (Lipinski definition) is 6. The van der Waals surface area contributed by atoms with Gasteiger partial charge in [-0.25, -0.2) is 13.6 Å². The van der Waals surface area contributed by atoms with Crippen LogP contribution in [0.2, 0.25) is 0 Å². The predicted octanol–water partition coefficient (Wildman–Crippen LogP) is 1.36. The van der Waals surface area contributed by atoms with Gasteiger partial charge in [0.15, 0.2) is 0 Å². The number of carbonyl (C=O) groups is 1. The van der Waals surface area contributed by atoms with Crippen LogP contribution in [-0.2, 0) is 4.74 Å². The maximum atomic E-state index is 12.7. The number of thioether (sulfide) groups is 1. The van der Waals surface area contributed by atoms with E-state index in [0.29, 0.717) is 17.9 Å². The van der Waals surface area contributed by atoms with E-state index in [1.54, 1.807) is 34.9 Å². The number of amides is 2. The SMILES string of the molecule is COCC(O)(CO)CNC(=O)Nc1ccc2c(c1)N(CC(F)F)CCS2. The zero-order valence-corrected chi connectivity index (χ0v) is 15.2. The summed E-state index contributed by atoms with van der Waals surface area (Å²) in [4.78, 5) is 14.5. The summed E-state index contributed by atoms with van der Waals surface area (Å²) in [5.74, 6) is 0.728. The highest BCUT2D eigenvalue weighted by Gasteiger charge is 2.27. The highest BCUT2D eigenvalue weighted by atomic mass is 32.2. The van der Waals surface area contributed by atoms with Crippen molar-refractivity contribution in [3.05, 3.63) is 18.2 Å². The summed E-state index contributed by atoms with van der Waals surface area (Å²) in [6.45, 7) is -0.758. The topological polar surface area (TPSA) is 94.1 Å². The molecule has 1 aromatic rings. The molecule has 26 heavy (non-hydrogen) atoms. The first-order valence-electron chi connectivity index (χ1n) is 8.04. The molecule has 0 saturated carbocycles. The number of rotatable bonds is 8. The number of fused-ring (bicyclic) bond motifs is 1. The van der Waals surface area contributed by atoms with Crippen molar-refractivity contribution in [1.82, 2.24) is 5.32 Å². The minimum absolute atomic E-state index is 0.136. The number of aliphatic hydroxyl groups excluding tert-OH is 1. The quantitative estimate of drug-likeness (QED) is 0.535. The standard InChI is InChI=1S/C16H23F2N3O4S/c1-25-10-16(24,9-22)8-19-15(23)20-11-2-3-13-12(6-11)21(4-5-26-13)7-14(17)18/h2-3,6,14,22,24H,4-5,7-10H2,1H3,(H2,19,20,23). The number of aliphatic hydroxyl groups is 2. The molecule has 10 heteroatoms. The number of nitrogens with zero attached hydrogens (tertiary/aromatic N) is 1. The zero-order chi connectivity index (χ0) is 19.2. The lowest BCUT2D eigenvalue weighted by molar-refractivity contribution is -0.0628. The normalized spacial score (nSPS) is 16.2. The Morgan fingerprint density at radius 3 is 2.92 bits per heavy atom. The first-order valence-corrected chi connectivity index (χ1v) is 9.02. The highest BCUT2D eigenvalue weighted by Crippen LogP contribution is 2.36. The predicted molar refractivity (Wildman–Crippen MR) is 96.3 cm³/mol. The van der Waals surface area contributed by atoms with Crippen molar-refractivity contribution < 1.29 is 28.5 Å².